The predicted molar refractivity (Wildman–Crippen MR) is 50.9 cm³/mol. The monoisotopic (exact) mass is 195 g/mol. The first-order valence-corrected chi connectivity index (χ1v) is 4.53. The summed E-state index contributed by atoms with van der Waals surface area (Å²) in [5.41, 5.74) is 5.20. The van der Waals surface area contributed by atoms with Crippen LogP contribution < -0.4 is 10.5 Å². The Balaban J connectivity index is 2.10. The van der Waals surface area contributed by atoms with Crippen molar-refractivity contribution in [3.63, 3.8) is 0 Å². The van der Waals surface area contributed by atoms with E-state index >= 15 is 0 Å². The Kier molecular flexibility index (Phi) is 2.25. The minimum Gasteiger partial charge on any atom is -0.455 e. The smallest absolute Gasteiger partial charge is 0.318 e. The number of nitrogens with two attached hydrogens (primary N) is 1. The van der Waals surface area contributed by atoms with Crippen LogP contribution in [0.3, 0.4) is 0 Å². The molecule has 1 aromatic rings. The highest BCUT2D eigenvalue weighted by atomic mass is 16.6. The number of nitrogen functional groups attached to an aromatic ring is 1. The third-order valence-electron chi connectivity index (χ3n) is 2.18. The van der Waals surface area contributed by atoms with E-state index in [1.165, 1.54) is 0 Å². The third-order valence-corrected chi connectivity index (χ3v) is 2.18. The molecule has 76 valence electrons. The van der Waals surface area contributed by atoms with Gasteiger partial charge in [-0.1, -0.05) is 0 Å². The highest BCUT2D eigenvalue weighted by Gasteiger charge is 2.32. The van der Waals surface area contributed by atoms with E-state index in [2.05, 4.69) is 9.97 Å². The van der Waals surface area contributed by atoms with Crippen LogP contribution in [0.4, 0.5) is 5.82 Å². The first-order valence-electron chi connectivity index (χ1n) is 4.53. The van der Waals surface area contributed by atoms with Crippen molar-refractivity contribution in [2.24, 2.45) is 0 Å². The van der Waals surface area contributed by atoms with Crippen molar-refractivity contribution >= 4 is 5.82 Å². The van der Waals surface area contributed by atoms with E-state index in [1.54, 1.807) is 12.3 Å². The largest absolute Gasteiger partial charge is 0.455 e. The van der Waals surface area contributed by atoms with Crippen molar-refractivity contribution in [2.45, 2.75) is 18.9 Å². The average molecular weight is 195 g/mol. The molecule has 2 rings (SSSR count). The lowest BCUT2D eigenvalue weighted by Gasteiger charge is -2.21. The standard InChI is InChI=1S/C9H13N3O2/c1-9(3-5-13-6-9)14-8-11-4-2-7(10)12-8/h2,4H,3,5-6H2,1H3,(H2,10,11,12)/t9-/m1/s1. The predicted octanol–water partition coefficient (Wildman–Crippen LogP) is 0.617. The maximum atomic E-state index is 5.62. The maximum Gasteiger partial charge on any atom is 0.318 e. The minimum atomic E-state index is -0.312. The number of hydrogen-bond acceptors (Lipinski definition) is 5. The molecule has 0 aliphatic carbocycles. The Morgan fingerprint density at radius 2 is 2.50 bits per heavy atom. The zero-order chi connectivity index (χ0) is 10.0. The van der Waals surface area contributed by atoms with Crippen LogP contribution in [0.25, 0.3) is 0 Å². The fraction of sp³-hybridized carbons (Fsp3) is 0.556. The molecule has 0 radical (unpaired) electrons. The molecule has 1 saturated heterocycles. The summed E-state index contributed by atoms with van der Waals surface area (Å²) in [4.78, 5) is 7.95. The Labute approximate surface area is 82.3 Å². The van der Waals surface area contributed by atoms with E-state index in [9.17, 15) is 0 Å². The van der Waals surface area contributed by atoms with Gasteiger partial charge in [0, 0.05) is 12.6 Å². The SMILES string of the molecule is C[C@@]1(Oc2nccc(N)n2)CCOC1. The normalized spacial score (nSPS) is 26.4. The number of aromatic nitrogens is 2. The van der Waals surface area contributed by atoms with Crippen molar-refractivity contribution in [2.75, 3.05) is 18.9 Å². The summed E-state index contributed by atoms with van der Waals surface area (Å²) in [5.74, 6) is 0.414. The van der Waals surface area contributed by atoms with E-state index < -0.39 is 0 Å². The molecule has 0 unspecified atom stereocenters. The van der Waals surface area contributed by atoms with E-state index in [0.717, 1.165) is 13.0 Å². The molecule has 5 heteroatoms. The molecule has 0 amide bonds. The second kappa shape index (κ2) is 3.42. The summed E-state index contributed by atoms with van der Waals surface area (Å²) < 4.78 is 10.9. The molecular weight excluding hydrogens is 182 g/mol. The van der Waals surface area contributed by atoms with Crippen LogP contribution in [0.1, 0.15) is 13.3 Å². The van der Waals surface area contributed by atoms with Gasteiger partial charge in [-0.2, -0.15) is 4.98 Å². The summed E-state index contributed by atoms with van der Waals surface area (Å²) in [7, 11) is 0. The second-order valence-corrected chi connectivity index (χ2v) is 3.62. The molecular formula is C9H13N3O2. The van der Waals surface area contributed by atoms with Gasteiger partial charge in [-0.15, -0.1) is 0 Å². The molecule has 2 N–H and O–H groups in total. The molecule has 5 nitrogen and oxygen atoms in total. The first-order chi connectivity index (χ1) is 6.68. The summed E-state index contributed by atoms with van der Waals surface area (Å²) in [6, 6.07) is 1.94. The van der Waals surface area contributed by atoms with E-state index in [-0.39, 0.29) is 5.60 Å². The third kappa shape index (κ3) is 1.93. The van der Waals surface area contributed by atoms with Gasteiger partial charge in [-0.05, 0) is 13.0 Å². The summed E-state index contributed by atoms with van der Waals surface area (Å²) in [6.45, 7) is 3.27. The van der Waals surface area contributed by atoms with Crippen LogP contribution in [0.2, 0.25) is 0 Å². The summed E-state index contributed by atoms with van der Waals surface area (Å²) in [6.07, 6.45) is 2.43. The quantitative estimate of drug-likeness (QED) is 0.749. The molecule has 14 heavy (non-hydrogen) atoms. The molecule has 1 aliphatic rings. The number of hydrogen-bond donors (Lipinski definition) is 1. The second-order valence-electron chi connectivity index (χ2n) is 3.62. The van der Waals surface area contributed by atoms with Gasteiger partial charge in [-0.25, -0.2) is 4.98 Å². The van der Waals surface area contributed by atoms with Gasteiger partial charge in [0.25, 0.3) is 0 Å². The van der Waals surface area contributed by atoms with Crippen LogP contribution in [-0.2, 0) is 4.74 Å². The van der Waals surface area contributed by atoms with Gasteiger partial charge in [-0.3, -0.25) is 0 Å². The highest BCUT2D eigenvalue weighted by molar-refractivity contribution is 5.26. The van der Waals surface area contributed by atoms with Crippen LogP contribution >= 0.6 is 0 Å². The van der Waals surface area contributed by atoms with Gasteiger partial charge in [0.05, 0.1) is 13.2 Å². The fourth-order valence-corrected chi connectivity index (χ4v) is 1.35. The van der Waals surface area contributed by atoms with E-state index in [0.29, 0.717) is 18.4 Å². The van der Waals surface area contributed by atoms with E-state index in [4.69, 9.17) is 15.2 Å². The Morgan fingerprint density at radius 1 is 1.64 bits per heavy atom. The Morgan fingerprint density at radius 3 is 3.14 bits per heavy atom. The number of rotatable bonds is 2. The van der Waals surface area contributed by atoms with E-state index in [1.807, 2.05) is 6.92 Å². The molecule has 1 fully saturated rings. The molecule has 1 atom stereocenters. The molecule has 0 aromatic carbocycles. The van der Waals surface area contributed by atoms with Gasteiger partial charge in [0.1, 0.15) is 11.4 Å². The summed E-state index contributed by atoms with van der Waals surface area (Å²) in [5, 5.41) is 0. The topological polar surface area (TPSA) is 70.3 Å². The number of anilines is 1. The van der Waals surface area contributed by atoms with Crippen molar-refractivity contribution in [1.82, 2.24) is 9.97 Å². The number of ether oxygens (including phenoxy) is 2. The van der Waals surface area contributed by atoms with Crippen LogP contribution in [0.5, 0.6) is 6.01 Å². The van der Waals surface area contributed by atoms with Crippen molar-refractivity contribution in [3.05, 3.63) is 12.3 Å². The molecule has 0 bridgehead atoms. The van der Waals surface area contributed by atoms with Crippen LogP contribution in [-0.4, -0.2) is 28.8 Å². The van der Waals surface area contributed by atoms with Gasteiger partial charge < -0.3 is 15.2 Å². The summed E-state index contributed by atoms with van der Waals surface area (Å²) >= 11 is 0. The van der Waals surface area contributed by atoms with Crippen LogP contribution in [0.15, 0.2) is 12.3 Å². The zero-order valence-corrected chi connectivity index (χ0v) is 8.06. The molecule has 0 spiro atoms. The fourth-order valence-electron chi connectivity index (χ4n) is 1.35. The number of nitrogens with zero attached hydrogens (tertiary/aromatic N) is 2. The van der Waals surface area contributed by atoms with Crippen molar-refractivity contribution in [3.8, 4) is 6.01 Å². The van der Waals surface area contributed by atoms with Crippen molar-refractivity contribution < 1.29 is 9.47 Å². The van der Waals surface area contributed by atoms with Gasteiger partial charge >= 0.3 is 6.01 Å². The molecule has 1 aromatic heterocycles. The highest BCUT2D eigenvalue weighted by Crippen LogP contribution is 2.23. The average Bonchev–Trinajstić information content (AvgIpc) is 2.51. The maximum absolute atomic E-state index is 5.62. The van der Waals surface area contributed by atoms with Gasteiger partial charge in [0.2, 0.25) is 0 Å². The van der Waals surface area contributed by atoms with Crippen molar-refractivity contribution in [1.29, 1.82) is 0 Å². The van der Waals surface area contributed by atoms with Crippen LogP contribution in [0, 0.1) is 0 Å². The molecule has 0 saturated carbocycles. The lowest BCUT2D eigenvalue weighted by molar-refractivity contribution is 0.0578. The minimum absolute atomic E-state index is 0.312. The first kappa shape index (κ1) is 9.21. The zero-order valence-electron chi connectivity index (χ0n) is 8.06. The molecule has 1 aliphatic heterocycles. The van der Waals surface area contributed by atoms with Gasteiger partial charge in [0.15, 0.2) is 0 Å². The molecule has 2 heterocycles. The Bertz CT molecular complexity index is 324. The Hall–Kier alpha value is -1.36. The lowest BCUT2D eigenvalue weighted by Crippen LogP contribution is -2.33. The lowest BCUT2D eigenvalue weighted by atomic mass is 10.1.